The van der Waals surface area contributed by atoms with Crippen molar-refractivity contribution >= 4 is 11.9 Å². The van der Waals surface area contributed by atoms with Crippen LogP contribution >= 0.6 is 0 Å². The zero-order valence-electron chi connectivity index (χ0n) is 9.37. The minimum Gasteiger partial charge on any atom is -0.469 e. The lowest BCUT2D eigenvalue weighted by atomic mass is 9.93. The molecule has 0 N–H and O–H groups in total. The van der Waals surface area contributed by atoms with Crippen molar-refractivity contribution in [2.24, 2.45) is 16.2 Å². The molecule has 2 aliphatic carbocycles. The van der Waals surface area contributed by atoms with Crippen LogP contribution in [0, 0.1) is 16.2 Å². The van der Waals surface area contributed by atoms with E-state index in [1.807, 2.05) is 0 Å². The van der Waals surface area contributed by atoms with E-state index in [0.29, 0.717) is 26.1 Å². The number of methoxy groups -OCH3 is 2. The molecule has 5 nitrogen and oxygen atoms in total. The first-order valence-electron chi connectivity index (χ1n) is 5.33. The highest BCUT2D eigenvalue weighted by molar-refractivity contribution is 5.92. The van der Waals surface area contributed by atoms with Crippen molar-refractivity contribution in [3.8, 4) is 0 Å². The largest absolute Gasteiger partial charge is 0.469 e. The van der Waals surface area contributed by atoms with Gasteiger partial charge in [-0.15, -0.1) is 0 Å². The molecule has 1 heterocycles. The van der Waals surface area contributed by atoms with Crippen molar-refractivity contribution in [1.29, 1.82) is 0 Å². The molecule has 0 radical (unpaired) electrons. The Hall–Kier alpha value is -1.10. The standard InChI is InChI=1S/C11H14O5/c1-14-7(12)9-3-11(9)4-10(11,6-16-5-9)8(13)15-2/h3-6H2,1-2H3. The van der Waals surface area contributed by atoms with Gasteiger partial charge in [0, 0.05) is 5.41 Å². The fourth-order valence-electron chi connectivity index (χ4n) is 3.62. The molecular weight excluding hydrogens is 212 g/mol. The van der Waals surface area contributed by atoms with Crippen LogP contribution < -0.4 is 0 Å². The highest BCUT2D eigenvalue weighted by Crippen LogP contribution is 2.89. The Bertz CT molecular complexity index is 354. The van der Waals surface area contributed by atoms with Gasteiger partial charge in [-0.05, 0) is 12.8 Å². The molecule has 0 aromatic heterocycles. The van der Waals surface area contributed by atoms with Gasteiger partial charge in [-0.1, -0.05) is 0 Å². The molecule has 0 aromatic carbocycles. The van der Waals surface area contributed by atoms with Gasteiger partial charge >= 0.3 is 11.9 Å². The summed E-state index contributed by atoms with van der Waals surface area (Å²) in [6, 6.07) is 0. The van der Waals surface area contributed by atoms with Gasteiger partial charge in [-0.25, -0.2) is 0 Å². The monoisotopic (exact) mass is 226 g/mol. The minimum atomic E-state index is -0.575. The Morgan fingerprint density at radius 2 is 1.44 bits per heavy atom. The molecule has 1 spiro atoms. The average Bonchev–Trinajstić information content (AvgIpc) is 3.14. The molecule has 2 unspecified atom stereocenters. The van der Waals surface area contributed by atoms with E-state index in [1.165, 1.54) is 14.2 Å². The molecule has 5 heteroatoms. The third-order valence-corrected chi connectivity index (χ3v) is 4.64. The second-order valence-corrected chi connectivity index (χ2v) is 5.08. The van der Waals surface area contributed by atoms with E-state index in [1.54, 1.807) is 0 Å². The molecule has 16 heavy (non-hydrogen) atoms. The zero-order chi connectivity index (χ0) is 11.6. The summed E-state index contributed by atoms with van der Waals surface area (Å²) in [6.45, 7) is 0.747. The summed E-state index contributed by atoms with van der Waals surface area (Å²) in [6.07, 6.45) is 1.39. The maximum Gasteiger partial charge on any atom is 0.314 e. The predicted molar refractivity (Wildman–Crippen MR) is 51.4 cm³/mol. The summed E-state index contributed by atoms with van der Waals surface area (Å²) in [5, 5.41) is 0. The van der Waals surface area contributed by atoms with Gasteiger partial charge in [0.2, 0.25) is 0 Å². The van der Waals surface area contributed by atoms with Crippen molar-refractivity contribution in [1.82, 2.24) is 0 Å². The second kappa shape index (κ2) is 2.59. The zero-order valence-corrected chi connectivity index (χ0v) is 9.37. The fourth-order valence-corrected chi connectivity index (χ4v) is 3.62. The van der Waals surface area contributed by atoms with Gasteiger partial charge in [-0.2, -0.15) is 0 Å². The first-order valence-corrected chi connectivity index (χ1v) is 5.33. The quantitative estimate of drug-likeness (QED) is 0.626. The van der Waals surface area contributed by atoms with Crippen molar-refractivity contribution in [2.45, 2.75) is 12.8 Å². The summed E-state index contributed by atoms with van der Waals surface area (Å²) >= 11 is 0. The Morgan fingerprint density at radius 1 is 1.00 bits per heavy atom. The van der Waals surface area contributed by atoms with Gasteiger partial charge in [0.15, 0.2) is 0 Å². The minimum absolute atomic E-state index is 0.224. The first-order chi connectivity index (χ1) is 7.58. The SMILES string of the molecule is COC(=O)C12COCC3(C(=O)OC)CC13C2. The van der Waals surface area contributed by atoms with Crippen LogP contribution in [-0.2, 0) is 23.8 Å². The molecule has 3 rings (SSSR count). The summed E-state index contributed by atoms with van der Waals surface area (Å²) in [5.74, 6) is -0.504. The highest BCUT2D eigenvalue weighted by atomic mass is 16.5. The van der Waals surface area contributed by atoms with Crippen molar-refractivity contribution in [3.05, 3.63) is 0 Å². The molecular formula is C11H14O5. The number of esters is 2. The van der Waals surface area contributed by atoms with Crippen LogP contribution in [0.4, 0.5) is 0 Å². The molecule has 0 bridgehead atoms. The second-order valence-electron chi connectivity index (χ2n) is 5.08. The molecule has 1 saturated heterocycles. The van der Waals surface area contributed by atoms with Crippen LogP contribution in [-0.4, -0.2) is 39.4 Å². The molecule has 1 aliphatic heterocycles. The van der Waals surface area contributed by atoms with E-state index in [9.17, 15) is 9.59 Å². The number of hydrogen-bond donors (Lipinski definition) is 0. The summed E-state index contributed by atoms with van der Waals surface area (Å²) < 4.78 is 15.1. The van der Waals surface area contributed by atoms with Gasteiger partial charge in [0.05, 0.1) is 38.3 Å². The Balaban J connectivity index is 1.92. The Kier molecular flexibility index (Phi) is 1.63. The molecule has 2 saturated carbocycles. The number of carbonyl (C=O) groups excluding carboxylic acids is 2. The third kappa shape index (κ3) is 0.764. The fraction of sp³-hybridized carbons (Fsp3) is 0.818. The maximum atomic E-state index is 11.8. The molecule has 3 aliphatic rings. The molecule has 0 aromatic rings. The van der Waals surface area contributed by atoms with Crippen LogP contribution in [0.25, 0.3) is 0 Å². The Labute approximate surface area is 93.0 Å². The van der Waals surface area contributed by atoms with Crippen LogP contribution in [0.5, 0.6) is 0 Å². The van der Waals surface area contributed by atoms with Crippen LogP contribution in [0.15, 0.2) is 0 Å². The lowest BCUT2D eigenvalue weighted by molar-refractivity contribution is -0.160. The van der Waals surface area contributed by atoms with E-state index in [-0.39, 0.29) is 17.4 Å². The third-order valence-electron chi connectivity index (χ3n) is 4.64. The number of carbonyl (C=O) groups is 2. The van der Waals surface area contributed by atoms with Crippen molar-refractivity contribution < 1.29 is 23.8 Å². The average molecular weight is 226 g/mol. The lowest BCUT2D eigenvalue weighted by Crippen LogP contribution is -2.37. The smallest absolute Gasteiger partial charge is 0.314 e. The number of hydrogen-bond acceptors (Lipinski definition) is 5. The summed E-state index contributed by atoms with van der Waals surface area (Å²) in [4.78, 5) is 23.5. The maximum absolute atomic E-state index is 11.8. The van der Waals surface area contributed by atoms with Gasteiger partial charge in [0.1, 0.15) is 0 Å². The van der Waals surface area contributed by atoms with E-state index >= 15 is 0 Å². The molecule has 3 fully saturated rings. The molecule has 88 valence electrons. The predicted octanol–water partition coefficient (Wildman–Crippen LogP) is 0.129. The molecule has 0 amide bonds. The van der Waals surface area contributed by atoms with Gasteiger partial charge in [0.25, 0.3) is 0 Å². The number of ether oxygens (including phenoxy) is 3. The first kappa shape index (κ1) is 10.1. The van der Waals surface area contributed by atoms with Crippen molar-refractivity contribution in [2.75, 3.05) is 27.4 Å². The van der Waals surface area contributed by atoms with Crippen LogP contribution in [0.2, 0.25) is 0 Å². The van der Waals surface area contributed by atoms with Crippen LogP contribution in [0.3, 0.4) is 0 Å². The van der Waals surface area contributed by atoms with Gasteiger partial charge in [-0.3, -0.25) is 9.59 Å². The highest BCUT2D eigenvalue weighted by Gasteiger charge is 2.94. The topological polar surface area (TPSA) is 61.8 Å². The van der Waals surface area contributed by atoms with Crippen molar-refractivity contribution in [3.63, 3.8) is 0 Å². The summed E-state index contributed by atoms with van der Waals surface area (Å²) in [5.41, 5.74) is -1.37. The summed E-state index contributed by atoms with van der Waals surface area (Å²) in [7, 11) is 2.75. The number of rotatable bonds is 2. The van der Waals surface area contributed by atoms with Gasteiger partial charge < -0.3 is 14.2 Å². The Morgan fingerprint density at radius 3 is 1.81 bits per heavy atom. The van der Waals surface area contributed by atoms with Crippen LogP contribution in [0.1, 0.15) is 12.8 Å². The normalized spacial score (nSPS) is 47.4. The molecule has 2 atom stereocenters. The lowest BCUT2D eigenvalue weighted by Gasteiger charge is -2.24. The van der Waals surface area contributed by atoms with E-state index in [2.05, 4.69) is 0 Å². The van der Waals surface area contributed by atoms with E-state index in [0.717, 1.165) is 0 Å². The van der Waals surface area contributed by atoms with E-state index in [4.69, 9.17) is 14.2 Å². The van der Waals surface area contributed by atoms with E-state index < -0.39 is 10.8 Å².